The monoisotopic (exact) mass is 449 g/mol. The first-order chi connectivity index (χ1) is 16.0. The number of nitrogens with one attached hydrogen (secondary N) is 2. The number of hydrogen-bond donors (Lipinski definition) is 2. The van der Waals surface area contributed by atoms with Crippen molar-refractivity contribution in [2.45, 2.75) is 38.6 Å². The zero-order chi connectivity index (χ0) is 23.2. The van der Waals surface area contributed by atoms with Gasteiger partial charge in [0.25, 0.3) is 5.91 Å². The summed E-state index contributed by atoms with van der Waals surface area (Å²) in [5.74, 6) is -1.04. The van der Waals surface area contributed by atoms with Crippen molar-refractivity contribution in [2.24, 2.45) is 0 Å². The second-order valence-corrected chi connectivity index (χ2v) is 8.17. The summed E-state index contributed by atoms with van der Waals surface area (Å²) in [6.07, 6.45) is 5.22. The molecule has 1 aliphatic heterocycles. The van der Waals surface area contributed by atoms with Gasteiger partial charge in [0.05, 0.1) is 5.69 Å². The van der Waals surface area contributed by atoms with E-state index in [0.717, 1.165) is 25.2 Å². The lowest BCUT2D eigenvalue weighted by Gasteiger charge is -2.20. The third-order valence-electron chi connectivity index (χ3n) is 5.70. The number of amides is 2. The van der Waals surface area contributed by atoms with E-state index in [1.807, 2.05) is 31.2 Å². The van der Waals surface area contributed by atoms with Crippen LogP contribution in [0, 0.1) is 5.82 Å². The molecule has 0 radical (unpaired) electrons. The van der Waals surface area contributed by atoms with E-state index in [9.17, 15) is 14.0 Å². The smallest absolute Gasteiger partial charge is 0.272 e. The zero-order valence-electron chi connectivity index (χ0n) is 18.6. The number of benzene rings is 2. The van der Waals surface area contributed by atoms with Crippen molar-refractivity contribution in [3.63, 3.8) is 0 Å². The van der Waals surface area contributed by atoms with Gasteiger partial charge in [0.1, 0.15) is 11.9 Å². The summed E-state index contributed by atoms with van der Waals surface area (Å²) in [5.41, 5.74) is 2.62. The Hall–Kier alpha value is -3.68. The molecular weight excluding hydrogens is 421 g/mol. The van der Waals surface area contributed by atoms with Crippen LogP contribution in [0.15, 0.2) is 60.8 Å². The van der Waals surface area contributed by atoms with Crippen LogP contribution in [0.1, 0.15) is 43.1 Å². The molecule has 2 amide bonds. The van der Waals surface area contributed by atoms with Crippen LogP contribution in [0.3, 0.4) is 0 Å². The number of anilines is 2. The molecule has 2 aromatic carbocycles. The molecule has 1 aromatic heterocycles. The molecule has 0 bridgehead atoms. The minimum Gasteiger partial charge on any atom is -0.371 e. The minimum atomic E-state index is -0.686. The Bertz CT molecular complexity index is 1110. The van der Waals surface area contributed by atoms with Crippen molar-refractivity contribution in [3.05, 3.63) is 72.3 Å². The van der Waals surface area contributed by atoms with Gasteiger partial charge in [-0.25, -0.2) is 9.07 Å². The second-order valence-electron chi connectivity index (χ2n) is 8.17. The highest BCUT2D eigenvalue weighted by atomic mass is 19.1. The van der Waals surface area contributed by atoms with Gasteiger partial charge < -0.3 is 15.5 Å². The summed E-state index contributed by atoms with van der Waals surface area (Å²) in [6, 6.07) is 14.5. The normalized spacial score (nSPS) is 14.2. The van der Waals surface area contributed by atoms with Gasteiger partial charge in [-0.05, 0) is 67.8 Å². The molecule has 1 saturated heterocycles. The maximum Gasteiger partial charge on any atom is 0.272 e. The first-order valence-electron chi connectivity index (χ1n) is 11.3. The van der Waals surface area contributed by atoms with Gasteiger partial charge >= 0.3 is 0 Å². The van der Waals surface area contributed by atoms with Gasteiger partial charge in [-0.15, -0.1) is 0 Å². The molecule has 1 fully saturated rings. The molecule has 0 spiro atoms. The number of carbonyl (C=O) groups is 2. The van der Waals surface area contributed by atoms with Gasteiger partial charge in [0.2, 0.25) is 5.91 Å². The third kappa shape index (κ3) is 5.58. The number of halogens is 1. The SMILES string of the molecule is CCCC(NC(=O)c1ccn(-c2ccc(F)cc2)n1)C(=O)Nc1cccc(N2CCCC2)c1. The van der Waals surface area contributed by atoms with Crippen LogP contribution in [0.2, 0.25) is 0 Å². The third-order valence-corrected chi connectivity index (χ3v) is 5.70. The summed E-state index contributed by atoms with van der Waals surface area (Å²) in [4.78, 5) is 28.0. The summed E-state index contributed by atoms with van der Waals surface area (Å²) < 4.78 is 14.6. The summed E-state index contributed by atoms with van der Waals surface area (Å²) in [7, 11) is 0. The fraction of sp³-hybridized carbons (Fsp3) is 0.320. The van der Waals surface area contributed by atoms with Crippen LogP contribution in [0.4, 0.5) is 15.8 Å². The lowest BCUT2D eigenvalue weighted by molar-refractivity contribution is -0.118. The van der Waals surface area contributed by atoms with E-state index in [1.165, 1.54) is 29.7 Å². The predicted molar refractivity (Wildman–Crippen MR) is 126 cm³/mol. The van der Waals surface area contributed by atoms with E-state index in [-0.39, 0.29) is 17.4 Å². The molecular formula is C25H28FN5O2. The molecule has 1 atom stereocenters. The van der Waals surface area contributed by atoms with Crippen molar-refractivity contribution in [1.82, 2.24) is 15.1 Å². The number of hydrogen-bond acceptors (Lipinski definition) is 4. The van der Waals surface area contributed by atoms with Crippen molar-refractivity contribution >= 4 is 23.2 Å². The quantitative estimate of drug-likeness (QED) is 0.542. The summed E-state index contributed by atoms with van der Waals surface area (Å²) in [5, 5.41) is 10.0. The predicted octanol–water partition coefficient (Wildman–Crippen LogP) is 4.15. The first-order valence-corrected chi connectivity index (χ1v) is 11.3. The van der Waals surface area contributed by atoms with Gasteiger partial charge in [-0.1, -0.05) is 19.4 Å². The second kappa shape index (κ2) is 10.3. The molecule has 2 heterocycles. The van der Waals surface area contributed by atoms with Gasteiger partial charge in [0.15, 0.2) is 5.69 Å². The van der Waals surface area contributed by atoms with Crippen LogP contribution in [-0.4, -0.2) is 40.7 Å². The molecule has 8 heteroatoms. The number of aromatic nitrogens is 2. The standard InChI is InChI=1S/C25H28FN5O2/c1-2-6-22(24(32)27-19-7-5-8-21(17-19)30-14-3-4-15-30)28-25(33)23-13-16-31(29-23)20-11-9-18(26)10-12-20/h5,7-13,16-17,22H,2-4,6,14-15H2,1H3,(H,27,32)(H,28,33). The lowest BCUT2D eigenvalue weighted by Crippen LogP contribution is -2.43. The van der Waals surface area contributed by atoms with Crippen molar-refractivity contribution < 1.29 is 14.0 Å². The topological polar surface area (TPSA) is 79.3 Å². The summed E-state index contributed by atoms with van der Waals surface area (Å²) in [6.45, 7) is 4.01. The molecule has 0 aliphatic carbocycles. The molecule has 0 saturated carbocycles. The number of rotatable bonds is 8. The lowest BCUT2D eigenvalue weighted by atomic mass is 10.1. The average molecular weight is 450 g/mol. The van der Waals surface area contributed by atoms with E-state index < -0.39 is 11.9 Å². The Morgan fingerprint density at radius 3 is 2.55 bits per heavy atom. The Labute approximate surface area is 192 Å². The molecule has 172 valence electrons. The summed E-state index contributed by atoms with van der Waals surface area (Å²) >= 11 is 0. The van der Waals surface area contributed by atoms with E-state index in [1.54, 1.807) is 24.4 Å². The fourth-order valence-corrected chi connectivity index (χ4v) is 3.96. The number of carbonyl (C=O) groups excluding carboxylic acids is 2. The van der Waals surface area contributed by atoms with Gasteiger partial charge in [0, 0.05) is 30.7 Å². The Morgan fingerprint density at radius 1 is 1.06 bits per heavy atom. The van der Waals surface area contributed by atoms with E-state index >= 15 is 0 Å². The fourth-order valence-electron chi connectivity index (χ4n) is 3.96. The molecule has 2 N–H and O–H groups in total. The zero-order valence-corrected chi connectivity index (χ0v) is 18.6. The van der Waals surface area contributed by atoms with E-state index in [0.29, 0.717) is 17.8 Å². The Balaban J connectivity index is 1.42. The Kier molecular flexibility index (Phi) is 7.02. The highest BCUT2D eigenvalue weighted by Gasteiger charge is 2.22. The average Bonchev–Trinajstić information content (AvgIpc) is 3.52. The van der Waals surface area contributed by atoms with Crippen LogP contribution in [0.25, 0.3) is 5.69 Å². The molecule has 1 aliphatic rings. The maximum absolute atomic E-state index is 13.2. The highest BCUT2D eigenvalue weighted by molar-refractivity contribution is 6.00. The van der Waals surface area contributed by atoms with Crippen molar-refractivity contribution in [2.75, 3.05) is 23.3 Å². The number of nitrogens with zero attached hydrogens (tertiary/aromatic N) is 3. The molecule has 33 heavy (non-hydrogen) atoms. The van der Waals surface area contributed by atoms with Gasteiger partial charge in [-0.3, -0.25) is 9.59 Å². The first kappa shape index (κ1) is 22.5. The van der Waals surface area contributed by atoms with Crippen molar-refractivity contribution in [3.8, 4) is 5.69 Å². The van der Waals surface area contributed by atoms with Crippen LogP contribution >= 0.6 is 0 Å². The molecule has 4 rings (SSSR count). The molecule has 3 aromatic rings. The Morgan fingerprint density at radius 2 is 1.82 bits per heavy atom. The molecule has 1 unspecified atom stereocenters. The van der Waals surface area contributed by atoms with E-state index in [4.69, 9.17) is 0 Å². The van der Waals surface area contributed by atoms with Crippen molar-refractivity contribution in [1.29, 1.82) is 0 Å². The molecule has 7 nitrogen and oxygen atoms in total. The van der Waals surface area contributed by atoms with Crippen LogP contribution in [-0.2, 0) is 4.79 Å². The van der Waals surface area contributed by atoms with Gasteiger partial charge in [-0.2, -0.15) is 5.10 Å². The largest absolute Gasteiger partial charge is 0.371 e. The highest BCUT2D eigenvalue weighted by Crippen LogP contribution is 2.23. The van der Waals surface area contributed by atoms with Crippen LogP contribution in [0.5, 0.6) is 0 Å². The minimum absolute atomic E-state index is 0.184. The van der Waals surface area contributed by atoms with Crippen LogP contribution < -0.4 is 15.5 Å². The maximum atomic E-state index is 13.2. The van der Waals surface area contributed by atoms with E-state index in [2.05, 4.69) is 20.6 Å².